The van der Waals surface area contributed by atoms with E-state index in [1.54, 1.807) is 0 Å². The van der Waals surface area contributed by atoms with Crippen LogP contribution in [0.4, 0.5) is 0 Å². The van der Waals surface area contributed by atoms with Gasteiger partial charge in [0.2, 0.25) is 0 Å². The van der Waals surface area contributed by atoms with Crippen LogP contribution in [0.25, 0.3) is 0 Å². The normalized spacial score (nSPS) is 41.9. The maximum absolute atomic E-state index is 12.5. The third-order valence-electron chi connectivity index (χ3n) is 9.75. The Labute approximate surface area is 203 Å². The number of carboxylic acid groups (broad SMARTS) is 1. The number of nitrogens with one attached hydrogen (secondary N) is 3. The first-order valence-electron chi connectivity index (χ1n) is 12.8. The van der Waals surface area contributed by atoms with E-state index in [1.165, 1.54) is 12.0 Å². The van der Waals surface area contributed by atoms with Gasteiger partial charge in [-0.25, -0.2) is 4.99 Å². The standard InChI is InChI=1S/C25H43N5O4/c1-16-5-6-17-11-19-20(21(31)32)23(33,15-34-4)13-24(16,19)25(17)14-30(10-7-18(25)12-28-3)22(26)29-9-8-27-2/h16-18,27-28,33H,5-15H2,1-4H3,(H2,26,29)(H,31,32). The number of aliphatic hydroxyl groups is 1. The molecule has 0 radical (unpaired) electrons. The summed E-state index contributed by atoms with van der Waals surface area (Å²) in [5.74, 6) is 0.369. The number of piperidine rings is 1. The average molecular weight is 478 g/mol. The summed E-state index contributed by atoms with van der Waals surface area (Å²) < 4.78 is 5.37. The van der Waals surface area contributed by atoms with Gasteiger partial charge in [-0.05, 0) is 64.1 Å². The number of nitrogens with two attached hydrogens (primary N) is 1. The number of methoxy groups -OCH3 is 1. The third kappa shape index (κ3) is 3.54. The topological polar surface area (TPSA) is 136 Å². The van der Waals surface area contributed by atoms with Crippen LogP contribution in [-0.2, 0) is 9.53 Å². The van der Waals surface area contributed by atoms with Crippen LogP contribution >= 0.6 is 0 Å². The number of hydrogen-bond acceptors (Lipinski definition) is 7. The number of nitrogens with zero attached hydrogens (tertiary/aromatic N) is 1. The highest BCUT2D eigenvalue weighted by atomic mass is 16.5. The highest BCUT2D eigenvalue weighted by Gasteiger charge is 2.75. The molecule has 3 aliphatic carbocycles. The van der Waals surface area contributed by atoms with Crippen molar-refractivity contribution >= 4 is 11.9 Å². The molecule has 4 rings (SSSR count). The molecule has 2 bridgehead atoms. The molecule has 7 unspecified atom stereocenters. The van der Waals surface area contributed by atoms with E-state index >= 15 is 0 Å². The van der Waals surface area contributed by atoms with Crippen LogP contribution in [0.3, 0.4) is 0 Å². The van der Waals surface area contributed by atoms with Crippen molar-refractivity contribution in [3.8, 4) is 0 Å². The van der Waals surface area contributed by atoms with Crippen molar-refractivity contribution in [3.63, 3.8) is 0 Å². The zero-order chi connectivity index (χ0) is 24.7. The lowest BCUT2D eigenvalue weighted by Gasteiger charge is -2.60. The number of carbonyl (C=O) groups is 1. The molecule has 0 aromatic carbocycles. The van der Waals surface area contributed by atoms with Gasteiger partial charge in [-0.3, -0.25) is 4.90 Å². The second kappa shape index (κ2) is 9.50. The second-order valence-electron chi connectivity index (χ2n) is 11.1. The largest absolute Gasteiger partial charge is 0.545 e. The number of rotatable bonds is 8. The number of carboxylic acids is 1. The summed E-state index contributed by atoms with van der Waals surface area (Å²) in [6.45, 7) is 6.23. The van der Waals surface area contributed by atoms with Crippen molar-refractivity contribution in [1.82, 2.24) is 10.6 Å². The average Bonchev–Trinajstić information content (AvgIpc) is 3.13. The third-order valence-corrected chi connectivity index (χ3v) is 9.75. The molecule has 192 valence electrons. The van der Waals surface area contributed by atoms with E-state index in [0.717, 1.165) is 51.0 Å². The van der Waals surface area contributed by atoms with E-state index in [9.17, 15) is 15.0 Å². The Hall–Kier alpha value is -1.52. The molecule has 1 aliphatic heterocycles. The molecular weight excluding hydrogens is 434 g/mol. The van der Waals surface area contributed by atoms with E-state index in [-0.39, 0.29) is 23.5 Å². The summed E-state index contributed by atoms with van der Waals surface area (Å²) >= 11 is 0. The summed E-state index contributed by atoms with van der Waals surface area (Å²) in [5.41, 5.74) is 5.46. The van der Waals surface area contributed by atoms with Crippen molar-refractivity contribution in [3.05, 3.63) is 11.1 Å². The van der Waals surface area contributed by atoms with Gasteiger partial charge in [0.1, 0.15) is 5.60 Å². The number of likely N-dealkylation sites (tertiary alicyclic amines) is 1. The Morgan fingerprint density at radius 2 is 2.09 bits per heavy atom. The van der Waals surface area contributed by atoms with E-state index in [4.69, 9.17) is 10.5 Å². The fourth-order valence-corrected chi connectivity index (χ4v) is 8.69. The van der Waals surface area contributed by atoms with E-state index in [0.29, 0.717) is 37.2 Å². The molecule has 0 aromatic heterocycles. The van der Waals surface area contributed by atoms with Crippen LogP contribution in [-0.4, -0.2) is 83.2 Å². The number of guanidine groups is 1. The minimum Gasteiger partial charge on any atom is -0.545 e. The van der Waals surface area contributed by atoms with Gasteiger partial charge in [0.25, 0.3) is 5.96 Å². The molecular formula is C25H43N5O4. The molecule has 1 heterocycles. The first-order chi connectivity index (χ1) is 16.2. The zero-order valence-corrected chi connectivity index (χ0v) is 21.2. The molecule has 2 saturated carbocycles. The molecule has 6 N–H and O–H groups in total. The summed E-state index contributed by atoms with van der Waals surface area (Å²) in [6.07, 6.45) is 4.19. The van der Waals surface area contributed by atoms with Crippen LogP contribution in [0.2, 0.25) is 0 Å². The van der Waals surface area contributed by atoms with Gasteiger partial charge >= 0.3 is 0 Å². The minimum absolute atomic E-state index is 0.0318. The monoisotopic (exact) mass is 477 g/mol. The van der Waals surface area contributed by atoms with Crippen LogP contribution in [0, 0.1) is 28.6 Å². The lowest BCUT2D eigenvalue weighted by Crippen LogP contribution is -3.19. The molecule has 34 heavy (non-hydrogen) atoms. The molecule has 3 fully saturated rings. The van der Waals surface area contributed by atoms with Crippen molar-refractivity contribution in [1.29, 1.82) is 0 Å². The van der Waals surface area contributed by atoms with Crippen LogP contribution < -0.4 is 26.4 Å². The summed E-state index contributed by atoms with van der Waals surface area (Å²) in [7, 11) is 5.41. The number of quaternary nitrogens is 1. The predicted molar refractivity (Wildman–Crippen MR) is 128 cm³/mol. The molecule has 0 aromatic rings. The van der Waals surface area contributed by atoms with Gasteiger partial charge in [0.05, 0.1) is 32.2 Å². The smallest absolute Gasteiger partial charge is 0.293 e. The van der Waals surface area contributed by atoms with Crippen LogP contribution in [0.1, 0.15) is 39.0 Å². The van der Waals surface area contributed by atoms with Gasteiger partial charge in [0.15, 0.2) is 0 Å². The lowest BCUT2D eigenvalue weighted by molar-refractivity contribution is -0.828. The quantitative estimate of drug-likeness (QED) is 0.153. The van der Waals surface area contributed by atoms with Crippen molar-refractivity contribution in [2.75, 3.05) is 60.5 Å². The first kappa shape index (κ1) is 25.6. The van der Waals surface area contributed by atoms with Gasteiger partial charge < -0.3 is 36.1 Å². The number of aliphatic carboxylic acids is 1. The van der Waals surface area contributed by atoms with E-state index in [1.807, 2.05) is 14.1 Å². The summed E-state index contributed by atoms with van der Waals surface area (Å²) in [6, 6.07) is 0. The molecule has 2 spiro atoms. The van der Waals surface area contributed by atoms with Crippen molar-refractivity contribution in [2.45, 2.75) is 44.6 Å². The first-order valence-corrected chi connectivity index (χ1v) is 12.8. The lowest BCUT2D eigenvalue weighted by atomic mass is 9.45. The maximum atomic E-state index is 12.5. The van der Waals surface area contributed by atoms with Gasteiger partial charge in [-0.2, -0.15) is 0 Å². The number of likely N-dealkylation sites (N-methyl/N-ethyl adjacent to an activating group) is 1. The Morgan fingerprint density at radius 3 is 2.74 bits per heavy atom. The van der Waals surface area contributed by atoms with Crippen molar-refractivity contribution < 1.29 is 24.6 Å². The number of hydrogen-bond donors (Lipinski definition) is 5. The van der Waals surface area contributed by atoms with Crippen LogP contribution in [0.15, 0.2) is 16.1 Å². The van der Waals surface area contributed by atoms with Crippen LogP contribution in [0.5, 0.6) is 0 Å². The van der Waals surface area contributed by atoms with Gasteiger partial charge in [-0.15, -0.1) is 0 Å². The molecule has 4 aliphatic rings. The molecule has 9 heteroatoms. The molecule has 9 nitrogen and oxygen atoms in total. The Bertz CT molecular complexity index is 862. The fourth-order valence-electron chi connectivity index (χ4n) is 8.69. The highest BCUT2D eigenvalue weighted by Crippen LogP contribution is 2.76. The summed E-state index contributed by atoms with van der Waals surface area (Å²) in [5, 5.41) is 30.7. The summed E-state index contributed by atoms with van der Waals surface area (Å²) in [4.78, 5) is 18.3. The molecule has 0 amide bonds. The zero-order valence-electron chi connectivity index (χ0n) is 21.2. The maximum Gasteiger partial charge on any atom is 0.293 e. The number of carbonyl (C=O) groups excluding carboxylic acids is 1. The van der Waals surface area contributed by atoms with Crippen molar-refractivity contribution in [2.24, 2.45) is 39.3 Å². The minimum atomic E-state index is -1.53. The predicted octanol–water partition coefficient (Wildman–Crippen LogP) is -2.10. The fraction of sp³-hybridized carbons (Fsp3) is 0.840. The second-order valence-corrected chi connectivity index (χ2v) is 11.1. The number of allylic oxidation sites excluding steroid dienone is 1. The number of ether oxygens (including phenoxy) is 1. The van der Waals surface area contributed by atoms with Gasteiger partial charge in [-0.1, -0.05) is 12.5 Å². The Morgan fingerprint density at radius 1 is 1.32 bits per heavy atom. The molecule has 1 saturated heterocycles. The van der Waals surface area contributed by atoms with Gasteiger partial charge in [0, 0.05) is 36.5 Å². The molecule has 7 atom stereocenters. The Balaban J connectivity index is 1.86. The SMILES string of the molecule is CNCCN=C(N)[NH+]1CCC(CNC)C2(C1)C1CCC(C)C23CC(O)(COC)C(C(=O)[O-])=C3C1. The Kier molecular flexibility index (Phi) is 7.15. The van der Waals surface area contributed by atoms with E-state index in [2.05, 4.69) is 22.5 Å². The number of aliphatic imine (C=N–C) groups is 1. The van der Waals surface area contributed by atoms with E-state index < -0.39 is 17.0 Å². The highest BCUT2D eigenvalue weighted by molar-refractivity contribution is 5.90.